The predicted molar refractivity (Wildman–Crippen MR) is 30.4 cm³/mol. The van der Waals surface area contributed by atoms with Crippen LogP contribution >= 0.6 is 0 Å². The Morgan fingerprint density at radius 2 is 2.22 bits per heavy atom. The molecule has 0 saturated carbocycles. The van der Waals surface area contributed by atoms with Gasteiger partial charge in [0.05, 0.1) is 6.10 Å². The summed E-state index contributed by atoms with van der Waals surface area (Å²) in [6.45, 7) is 1.35. The first-order valence-corrected chi connectivity index (χ1v) is 2.46. The van der Waals surface area contributed by atoms with Gasteiger partial charge in [0.2, 0.25) is 0 Å². The van der Waals surface area contributed by atoms with E-state index in [9.17, 15) is 4.79 Å². The summed E-state index contributed by atoms with van der Waals surface area (Å²) in [7, 11) is 0. The first-order chi connectivity index (χ1) is 4.09. The standard InChI is InChI=1S/C4H10N2O3/c1-2(7)3(6-5)4(8)9/h2-3,6-7H,5H2,1H3,(H,8,9). The molecule has 0 aliphatic carbocycles. The molecule has 0 rings (SSSR count). The average molecular weight is 134 g/mol. The molecule has 2 unspecified atom stereocenters. The van der Waals surface area contributed by atoms with E-state index in [1.54, 1.807) is 0 Å². The van der Waals surface area contributed by atoms with Crippen LogP contribution in [0.4, 0.5) is 0 Å². The number of aliphatic carboxylic acids is 1. The maximum Gasteiger partial charge on any atom is 0.324 e. The largest absolute Gasteiger partial charge is 0.480 e. The van der Waals surface area contributed by atoms with Crippen molar-refractivity contribution in [1.29, 1.82) is 0 Å². The normalized spacial score (nSPS) is 16.8. The van der Waals surface area contributed by atoms with Crippen LogP contribution in [0, 0.1) is 0 Å². The molecule has 0 heterocycles. The first kappa shape index (κ1) is 8.35. The molecule has 0 aromatic rings. The van der Waals surface area contributed by atoms with Crippen molar-refractivity contribution in [3.63, 3.8) is 0 Å². The number of nitrogens with two attached hydrogens (primary N) is 1. The van der Waals surface area contributed by atoms with Gasteiger partial charge in [-0.25, -0.2) is 5.43 Å². The van der Waals surface area contributed by atoms with Crippen molar-refractivity contribution < 1.29 is 15.0 Å². The minimum absolute atomic E-state index is 0.979. The number of hydrogen-bond donors (Lipinski definition) is 4. The second-order valence-electron chi connectivity index (χ2n) is 1.72. The molecule has 0 aliphatic rings. The van der Waals surface area contributed by atoms with Crippen LogP contribution in [0.3, 0.4) is 0 Å². The highest BCUT2D eigenvalue weighted by Crippen LogP contribution is 1.88. The Hall–Kier alpha value is -0.650. The number of aliphatic hydroxyl groups is 1. The SMILES string of the molecule is CC(O)C(NN)C(=O)O. The maximum absolute atomic E-state index is 10.1. The van der Waals surface area contributed by atoms with Crippen LogP contribution in [0.5, 0.6) is 0 Å². The topological polar surface area (TPSA) is 95.6 Å². The van der Waals surface area contributed by atoms with Gasteiger partial charge in [-0.15, -0.1) is 0 Å². The van der Waals surface area contributed by atoms with Gasteiger partial charge in [-0.05, 0) is 6.92 Å². The van der Waals surface area contributed by atoms with Crippen molar-refractivity contribution in [2.75, 3.05) is 0 Å². The molecule has 0 saturated heterocycles. The smallest absolute Gasteiger partial charge is 0.324 e. The minimum atomic E-state index is -1.16. The summed E-state index contributed by atoms with van der Waals surface area (Å²) in [6, 6.07) is -1.08. The number of carboxylic acids is 1. The molecule has 2 atom stereocenters. The summed E-state index contributed by atoms with van der Waals surface area (Å²) < 4.78 is 0. The number of carboxylic acid groups (broad SMARTS) is 1. The lowest BCUT2D eigenvalue weighted by Crippen LogP contribution is -2.48. The van der Waals surface area contributed by atoms with E-state index in [2.05, 4.69) is 0 Å². The van der Waals surface area contributed by atoms with E-state index in [4.69, 9.17) is 16.1 Å². The Labute approximate surface area is 52.4 Å². The van der Waals surface area contributed by atoms with Crippen LogP contribution in [-0.4, -0.2) is 28.3 Å². The minimum Gasteiger partial charge on any atom is -0.480 e. The zero-order valence-electron chi connectivity index (χ0n) is 5.03. The predicted octanol–water partition coefficient (Wildman–Crippen LogP) is -1.72. The molecule has 5 heteroatoms. The average Bonchev–Trinajstić information content (AvgIpc) is 1.64. The van der Waals surface area contributed by atoms with Crippen molar-refractivity contribution in [3.8, 4) is 0 Å². The van der Waals surface area contributed by atoms with Gasteiger partial charge >= 0.3 is 5.97 Å². The molecule has 0 radical (unpaired) electrons. The summed E-state index contributed by atoms with van der Waals surface area (Å²) in [6.07, 6.45) is -0.979. The maximum atomic E-state index is 10.1. The molecule has 0 fully saturated rings. The van der Waals surface area contributed by atoms with Crippen LogP contribution < -0.4 is 11.3 Å². The summed E-state index contributed by atoms with van der Waals surface area (Å²) >= 11 is 0. The molecule has 0 bridgehead atoms. The Morgan fingerprint density at radius 1 is 1.78 bits per heavy atom. The second-order valence-corrected chi connectivity index (χ2v) is 1.72. The number of aliphatic hydroxyl groups excluding tert-OH is 1. The Morgan fingerprint density at radius 3 is 2.22 bits per heavy atom. The Bertz CT molecular complexity index is 104. The number of rotatable bonds is 3. The van der Waals surface area contributed by atoms with Gasteiger partial charge in [0.25, 0.3) is 0 Å². The Balaban J connectivity index is 3.83. The van der Waals surface area contributed by atoms with Crippen molar-refractivity contribution in [2.24, 2.45) is 5.84 Å². The van der Waals surface area contributed by atoms with Crippen molar-refractivity contribution in [3.05, 3.63) is 0 Å². The highest BCUT2D eigenvalue weighted by molar-refractivity contribution is 5.73. The molecule has 0 aromatic heterocycles. The molecule has 5 nitrogen and oxygen atoms in total. The third-order valence-electron chi connectivity index (χ3n) is 0.928. The fourth-order valence-corrected chi connectivity index (χ4v) is 0.417. The van der Waals surface area contributed by atoms with Gasteiger partial charge < -0.3 is 10.2 Å². The lowest BCUT2D eigenvalue weighted by molar-refractivity contribution is -0.142. The zero-order valence-corrected chi connectivity index (χ0v) is 5.03. The molecule has 54 valence electrons. The van der Waals surface area contributed by atoms with Gasteiger partial charge in [-0.1, -0.05) is 0 Å². The fraction of sp³-hybridized carbons (Fsp3) is 0.750. The van der Waals surface area contributed by atoms with Crippen LogP contribution in [-0.2, 0) is 4.79 Å². The van der Waals surface area contributed by atoms with E-state index < -0.39 is 18.1 Å². The summed E-state index contributed by atoms with van der Waals surface area (Å²) in [5.41, 5.74) is 1.95. The quantitative estimate of drug-likeness (QED) is 0.272. The van der Waals surface area contributed by atoms with Crippen LogP contribution in [0.25, 0.3) is 0 Å². The van der Waals surface area contributed by atoms with E-state index in [0.717, 1.165) is 0 Å². The van der Waals surface area contributed by atoms with E-state index >= 15 is 0 Å². The molecule has 5 N–H and O–H groups in total. The molecule has 0 amide bonds. The summed E-state index contributed by atoms with van der Waals surface area (Å²) in [5, 5.41) is 16.9. The molecular formula is C4H10N2O3. The number of hydrazine groups is 1. The monoisotopic (exact) mass is 134 g/mol. The van der Waals surface area contributed by atoms with E-state index in [1.165, 1.54) is 6.92 Å². The van der Waals surface area contributed by atoms with Gasteiger partial charge in [-0.3, -0.25) is 10.6 Å². The highest BCUT2D eigenvalue weighted by Gasteiger charge is 2.20. The molecule has 0 spiro atoms. The van der Waals surface area contributed by atoms with Gasteiger partial charge in [-0.2, -0.15) is 0 Å². The highest BCUT2D eigenvalue weighted by atomic mass is 16.4. The lowest BCUT2D eigenvalue weighted by atomic mass is 10.2. The molecule has 9 heavy (non-hydrogen) atoms. The van der Waals surface area contributed by atoms with Gasteiger partial charge in [0.1, 0.15) is 6.04 Å². The first-order valence-electron chi connectivity index (χ1n) is 2.46. The van der Waals surface area contributed by atoms with E-state index in [-0.39, 0.29) is 0 Å². The third-order valence-corrected chi connectivity index (χ3v) is 0.928. The van der Waals surface area contributed by atoms with Gasteiger partial charge in [0.15, 0.2) is 0 Å². The van der Waals surface area contributed by atoms with Crippen molar-refractivity contribution >= 4 is 5.97 Å². The number of carbonyl (C=O) groups is 1. The van der Waals surface area contributed by atoms with Crippen LogP contribution in [0.1, 0.15) is 6.92 Å². The Kier molecular flexibility index (Phi) is 3.15. The number of hydrogen-bond acceptors (Lipinski definition) is 4. The van der Waals surface area contributed by atoms with Crippen LogP contribution in [0.15, 0.2) is 0 Å². The number of nitrogens with one attached hydrogen (secondary N) is 1. The van der Waals surface area contributed by atoms with Crippen molar-refractivity contribution in [2.45, 2.75) is 19.1 Å². The van der Waals surface area contributed by atoms with E-state index in [1.807, 2.05) is 5.43 Å². The van der Waals surface area contributed by atoms with E-state index in [0.29, 0.717) is 0 Å². The summed E-state index contributed by atoms with van der Waals surface area (Å²) in [5.74, 6) is 3.62. The van der Waals surface area contributed by atoms with Gasteiger partial charge in [0, 0.05) is 0 Å². The fourth-order valence-electron chi connectivity index (χ4n) is 0.417. The zero-order chi connectivity index (χ0) is 7.44. The van der Waals surface area contributed by atoms with Crippen molar-refractivity contribution in [1.82, 2.24) is 5.43 Å². The summed E-state index contributed by atoms with van der Waals surface area (Å²) in [4.78, 5) is 10.1. The molecule has 0 aromatic carbocycles. The second kappa shape index (κ2) is 3.39. The molecule has 0 aliphatic heterocycles. The third kappa shape index (κ3) is 2.41. The lowest BCUT2D eigenvalue weighted by Gasteiger charge is -2.12. The van der Waals surface area contributed by atoms with Crippen LogP contribution in [0.2, 0.25) is 0 Å². The molecular weight excluding hydrogens is 124 g/mol.